The van der Waals surface area contributed by atoms with E-state index in [4.69, 9.17) is 17.3 Å². The van der Waals surface area contributed by atoms with Crippen molar-refractivity contribution in [2.75, 3.05) is 25.5 Å². The summed E-state index contributed by atoms with van der Waals surface area (Å²) in [4.78, 5) is 14.0. The monoisotopic (exact) mass is 311 g/mol. The largest absolute Gasteiger partial charge is 0.327 e. The van der Waals surface area contributed by atoms with Crippen LogP contribution in [0.4, 0.5) is 5.69 Å². The van der Waals surface area contributed by atoms with Gasteiger partial charge in [-0.25, -0.2) is 0 Å². The van der Waals surface area contributed by atoms with Crippen LogP contribution in [-0.2, 0) is 4.79 Å². The van der Waals surface area contributed by atoms with Crippen LogP contribution < -0.4 is 11.1 Å². The zero-order chi connectivity index (χ0) is 16.0. The topological polar surface area (TPSA) is 58.4 Å². The maximum absolute atomic E-state index is 12.0. The summed E-state index contributed by atoms with van der Waals surface area (Å²) in [6.07, 6.45) is 0.882. The van der Waals surface area contributed by atoms with Crippen molar-refractivity contribution in [2.45, 2.75) is 33.2 Å². The Labute approximate surface area is 132 Å². The van der Waals surface area contributed by atoms with E-state index >= 15 is 0 Å². The molecule has 1 aromatic rings. The van der Waals surface area contributed by atoms with Crippen LogP contribution in [0.1, 0.15) is 25.8 Å². The quantitative estimate of drug-likeness (QED) is 0.814. The minimum absolute atomic E-state index is 0.0682. The van der Waals surface area contributed by atoms with Crippen molar-refractivity contribution in [3.63, 3.8) is 0 Å². The standard InChI is InChI=1S/C16H26ClN3O/c1-11(2)14(18)7-8-20(4)10-16(21)19-15-6-5-12(3)9-13(15)17/h5-6,9,11,14H,7-8,10,18H2,1-4H3,(H,19,21). The van der Waals surface area contributed by atoms with Crippen molar-refractivity contribution in [2.24, 2.45) is 11.7 Å². The number of anilines is 1. The van der Waals surface area contributed by atoms with E-state index in [1.54, 1.807) is 0 Å². The Morgan fingerprint density at radius 1 is 1.43 bits per heavy atom. The summed E-state index contributed by atoms with van der Waals surface area (Å²) in [5.74, 6) is 0.389. The van der Waals surface area contributed by atoms with Crippen molar-refractivity contribution in [3.8, 4) is 0 Å². The Hall–Kier alpha value is -1.10. The maximum Gasteiger partial charge on any atom is 0.238 e. The predicted molar refractivity (Wildman–Crippen MR) is 89.7 cm³/mol. The minimum Gasteiger partial charge on any atom is -0.327 e. The first kappa shape index (κ1) is 18.0. The predicted octanol–water partition coefficient (Wildman–Crippen LogP) is 2.89. The molecule has 0 aliphatic heterocycles. The number of amides is 1. The molecule has 1 atom stereocenters. The van der Waals surface area contributed by atoms with Gasteiger partial charge in [0.15, 0.2) is 0 Å². The molecule has 0 radical (unpaired) electrons. The third-order valence-corrected chi connectivity index (χ3v) is 3.83. The zero-order valence-corrected chi connectivity index (χ0v) is 14.1. The lowest BCUT2D eigenvalue weighted by atomic mass is 10.0. The molecule has 3 N–H and O–H groups in total. The molecule has 0 bridgehead atoms. The maximum atomic E-state index is 12.0. The zero-order valence-electron chi connectivity index (χ0n) is 13.3. The second-order valence-electron chi connectivity index (χ2n) is 5.97. The molecule has 0 aliphatic carbocycles. The van der Waals surface area contributed by atoms with Gasteiger partial charge in [0.25, 0.3) is 0 Å². The van der Waals surface area contributed by atoms with Gasteiger partial charge in [-0.15, -0.1) is 0 Å². The second-order valence-corrected chi connectivity index (χ2v) is 6.37. The molecular formula is C16H26ClN3O. The number of hydrogen-bond acceptors (Lipinski definition) is 3. The average molecular weight is 312 g/mol. The van der Waals surface area contributed by atoms with E-state index in [0.717, 1.165) is 18.5 Å². The molecule has 21 heavy (non-hydrogen) atoms. The van der Waals surface area contributed by atoms with E-state index in [9.17, 15) is 4.79 Å². The number of aryl methyl sites for hydroxylation is 1. The molecule has 1 rings (SSSR count). The highest BCUT2D eigenvalue weighted by Crippen LogP contribution is 2.22. The lowest BCUT2D eigenvalue weighted by Gasteiger charge is -2.21. The number of rotatable bonds is 7. The van der Waals surface area contributed by atoms with Crippen LogP contribution in [0.5, 0.6) is 0 Å². The summed E-state index contributed by atoms with van der Waals surface area (Å²) >= 11 is 6.10. The molecule has 0 saturated heterocycles. The highest BCUT2D eigenvalue weighted by molar-refractivity contribution is 6.33. The summed E-state index contributed by atoms with van der Waals surface area (Å²) in [5, 5.41) is 3.40. The number of benzene rings is 1. The van der Waals surface area contributed by atoms with Gasteiger partial charge in [-0.3, -0.25) is 9.69 Å². The highest BCUT2D eigenvalue weighted by atomic mass is 35.5. The van der Waals surface area contributed by atoms with Crippen LogP contribution in [0.25, 0.3) is 0 Å². The minimum atomic E-state index is -0.0682. The molecule has 0 aromatic heterocycles. The van der Waals surface area contributed by atoms with Gasteiger partial charge < -0.3 is 11.1 Å². The Morgan fingerprint density at radius 3 is 2.67 bits per heavy atom. The average Bonchev–Trinajstić information content (AvgIpc) is 2.39. The van der Waals surface area contributed by atoms with Crippen molar-refractivity contribution in [1.29, 1.82) is 0 Å². The molecule has 4 nitrogen and oxygen atoms in total. The van der Waals surface area contributed by atoms with Crippen LogP contribution in [0.15, 0.2) is 18.2 Å². The van der Waals surface area contributed by atoms with Crippen LogP contribution >= 0.6 is 11.6 Å². The molecule has 1 aromatic carbocycles. The number of nitrogens with two attached hydrogens (primary N) is 1. The van der Waals surface area contributed by atoms with Gasteiger partial charge >= 0.3 is 0 Å². The second kappa shape index (κ2) is 8.37. The van der Waals surface area contributed by atoms with Gasteiger partial charge in [-0.05, 0) is 50.6 Å². The van der Waals surface area contributed by atoms with E-state index in [1.807, 2.05) is 37.1 Å². The first-order chi connectivity index (χ1) is 9.79. The smallest absolute Gasteiger partial charge is 0.238 e. The van der Waals surface area contributed by atoms with E-state index in [1.165, 1.54) is 0 Å². The molecule has 0 fully saturated rings. The van der Waals surface area contributed by atoms with Crippen molar-refractivity contribution < 1.29 is 4.79 Å². The molecule has 0 aliphatic rings. The Kier molecular flexibility index (Phi) is 7.15. The lowest BCUT2D eigenvalue weighted by Crippen LogP contribution is -2.35. The SMILES string of the molecule is Cc1ccc(NC(=O)CN(C)CCC(N)C(C)C)c(Cl)c1. The number of hydrogen-bond donors (Lipinski definition) is 2. The fourth-order valence-electron chi connectivity index (χ4n) is 1.94. The van der Waals surface area contributed by atoms with E-state index < -0.39 is 0 Å². The van der Waals surface area contributed by atoms with Gasteiger partial charge in [0.2, 0.25) is 5.91 Å². The summed E-state index contributed by atoms with van der Waals surface area (Å²) in [6.45, 7) is 7.31. The highest BCUT2D eigenvalue weighted by Gasteiger charge is 2.12. The van der Waals surface area contributed by atoms with E-state index in [-0.39, 0.29) is 11.9 Å². The summed E-state index contributed by atoms with van der Waals surface area (Å²) in [6, 6.07) is 5.75. The fourth-order valence-corrected chi connectivity index (χ4v) is 2.22. The van der Waals surface area contributed by atoms with Gasteiger partial charge in [-0.1, -0.05) is 31.5 Å². The van der Waals surface area contributed by atoms with Crippen molar-refractivity contribution >= 4 is 23.2 Å². The third-order valence-electron chi connectivity index (χ3n) is 3.51. The van der Waals surface area contributed by atoms with Gasteiger partial charge in [0.05, 0.1) is 17.3 Å². The van der Waals surface area contributed by atoms with E-state index in [0.29, 0.717) is 23.2 Å². The van der Waals surface area contributed by atoms with Crippen molar-refractivity contribution in [3.05, 3.63) is 28.8 Å². The molecule has 118 valence electrons. The molecule has 0 spiro atoms. The number of carbonyl (C=O) groups excluding carboxylic acids is 1. The molecule has 5 heteroatoms. The van der Waals surface area contributed by atoms with Crippen LogP contribution in [0.3, 0.4) is 0 Å². The molecular weight excluding hydrogens is 286 g/mol. The number of halogens is 1. The third kappa shape index (κ3) is 6.46. The molecule has 0 saturated carbocycles. The summed E-state index contributed by atoms with van der Waals surface area (Å²) in [7, 11) is 1.92. The van der Waals surface area contributed by atoms with Crippen LogP contribution in [-0.4, -0.2) is 37.0 Å². The Bertz CT molecular complexity index is 477. The Balaban J connectivity index is 2.42. The van der Waals surface area contributed by atoms with Crippen LogP contribution in [0.2, 0.25) is 5.02 Å². The summed E-state index contributed by atoms with van der Waals surface area (Å²) in [5.41, 5.74) is 7.73. The number of carbonyl (C=O) groups is 1. The first-order valence-electron chi connectivity index (χ1n) is 7.29. The van der Waals surface area contributed by atoms with Crippen molar-refractivity contribution in [1.82, 2.24) is 4.90 Å². The van der Waals surface area contributed by atoms with Gasteiger partial charge in [0, 0.05) is 6.04 Å². The lowest BCUT2D eigenvalue weighted by molar-refractivity contribution is -0.117. The van der Waals surface area contributed by atoms with Crippen LogP contribution in [0, 0.1) is 12.8 Å². The van der Waals surface area contributed by atoms with Gasteiger partial charge in [-0.2, -0.15) is 0 Å². The number of likely N-dealkylation sites (N-methyl/N-ethyl adjacent to an activating group) is 1. The first-order valence-corrected chi connectivity index (χ1v) is 7.67. The fraction of sp³-hybridized carbons (Fsp3) is 0.562. The normalized spacial score (nSPS) is 12.8. The molecule has 0 heterocycles. The van der Waals surface area contributed by atoms with Gasteiger partial charge in [0.1, 0.15) is 0 Å². The molecule has 1 amide bonds. The molecule has 1 unspecified atom stereocenters. The number of nitrogens with zero attached hydrogens (tertiary/aromatic N) is 1. The summed E-state index contributed by atoms with van der Waals surface area (Å²) < 4.78 is 0. The number of nitrogens with one attached hydrogen (secondary N) is 1. The van der Waals surface area contributed by atoms with E-state index in [2.05, 4.69) is 19.2 Å². The Morgan fingerprint density at radius 2 is 2.10 bits per heavy atom.